The predicted octanol–water partition coefficient (Wildman–Crippen LogP) is 5.44. The first-order valence-electron chi connectivity index (χ1n) is 28.3. The Morgan fingerprint density at radius 3 is 1.65 bits per heavy atom. The highest BCUT2D eigenvalue weighted by Gasteiger charge is 2.37. The van der Waals surface area contributed by atoms with Crippen LogP contribution < -0.4 is 24.0 Å². The normalized spacial score (nSPS) is 15.5. The van der Waals surface area contributed by atoms with E-state index in [9.17, 15) is 67.7 Å². The Bertz CT molecular complexity index is 4470. The number of nitrogens with zero attached hydrogens (tertiary/aromatic N) is 8. The lowest BCUT2D eigenvalue weighted by Gasteiger charge is -2.25. The molecule has 0 atom stereocenters. The maximum Gasteiger partial charge on any atom is 0.398 e. The molecule has 2 saturated heterocycles. The van der Waals surface area contributed by atoms with E-state index in [0.717, 1.165) is 28.5 Å². The predicted molar refractivity (Wildman–Crippen MR) is 329 cm³/mol. The minimum absolute atomic E-state index is 0.0110. The van der Waals surface area contributed by atoms with Crippen LogP contribution in [-0.4, -0.2) is 155 Å². The molecule has 484 valence electrons. The number of fused-ring (bicyclic) bond motifs is 8. The molecule has 4 aromatic carbocycles. The Morgan fingerprint density at radius 1 is 0.626 bits per heavy atom. The standard InChI is InChI=1S/C57H60N8O22S4/c1-58-42-14-12-36(60(20-6-24-88-87-86-72)21-7-25-89(73,74)75)28-38(42)40-30-46-48(32-44(40)58)82-54(62(46)34-56(70)84-64-50(66)16-17-51(64)67)10-4-3-5-11-55-63(35-57(71)85-65-52(68)18-19-53(65)69)47-31-41-39-29-37(13-15-43(39)59(2)45(41)33-49(47)83-55)61(22-8-26-90(76,77)78)23-9-27-91(79,80)81/h3-5,10-15,28-33H,6-9,16-27,34-35H2,1-2H3,(H3-,72,73,74,75,76,77,78,79,80,81)/p+1. The monoisotopic (exact) mass is 1340 g/mol. The number of anilines is 3. The van der Waals surface area contributed by atoms with E-state index in [2.05, 4.69) is 9.37 Å². The summed E-state index contributed by atoms with van der Waals surface area (Å²) in [5, 5.41) is 15.9. The molecular weight excluding hydrogens is 1280 g/mol. The number of benzene rings is 4. The van der Waals surface area contributed by atoms with Gasteiger partial charge in [0.15, 0.2) is 5.75 Å². The molecule has 30 nitrogen and oxygen atoms in total. The summed E-state index contributed by atoms with van der Waals surface area (Å²) in [6, 6.07) is 18.2. The van der Waals surface area contributed by atoms with Gasteiger partial charge in [-0.1, -0.05) is 23.3 Å². The van der Waals surface area contributed by atoms with Gasteiger partial charge in [0.05, 0.1) is 40.1 Å². The molecule has 6 heterocycles. The summed E-state index contributed by atoms with van der Waals surface area (Å²) in [6.45, 7) is -0.278. The second kappa shape index (κ2) is 27.2. The van der Waals surface area contributed by atoms with Crippen LogP contribution in [0.15, 0.2) is 95.3 Å². The van der Waals surface area contributed by atoms with Crippen molar-refractivity contribution < 1.29 is 106 Å². The van der Waals surface area contributed by atoms with Crippen LogP contribution in [0.1, 0.15) is 57.3 Å². The zero-order valence-electron chi connectivity index (χ0n) is 48.7. The van der Waals surface area contributed by atoms with Crippen molar-refractivity contribution in [2.45, 2.75) is 57.9 Å². The fourth-order valence-electron chi connectivity index (χ4n) is 11.2. The highest BCUT2D eigenvalue weighted by Crippen LogP contribution is 2.45. The van der Waals surface area contributed by atoms with Gasteiger partial charge in [0.2, 0.25) is 11.5 Å². The molecule has 7 aromatic rings. The quantitative estimate of drug-likeness (QED) is 0.00662. The van der Waals surface area contributed by atoms with E-state index >= 15 is 0 Å². The van der Waals surface area contributed by atoms with E-state index in [-0.39, 0.29) is 76.4 Å². The average Bonchev–Trinajstić information content (AvgIpc) is 1.59. The first-order valence-corrected chi connectivity index (χ1v) is 34.0. The third kappa shape index (κ3) is 15.3. The topological polar surface area (TPSA) is 375 Å². The van der Waals surface area contributed by atoms with Crippen molar-refractivity contribution in [1.82, 2.24) is 19.3 Å². The largest absolute Gasteiger partial charge is 0.439 e. The Balaban J connectivity index is 0.988. The summed E-state index contributed by atoms with van der Waals surface area (Å²) >= 11 is 0.869. The number of carbonyl (C=O) groups excluding carboxylic acids is 6. The number of amides is 4. The molecule has 0 unspecified atom stereocenters. The van der Waals surface area contributed by atoms with Crippen LogP contribution >= 0.6 is 12.0 Å². The van der Waals surface area contributed by atoms with Crippen molar-refractivity contribution in [2.24, 2.45) is 14.1 Å². The summed E-state index contributed by atoms with van der Waals surface area (Å²) in [7, 11) is -9.23. The summed E-state index contributed by atoms with van der Waals surface area (Å²) in [4.78, 5) is 93.2. The fourth-order valence-corrected chi connectivity index (χ4v) is 13.0. The third-order valence-corrected chi connectivity index (χ3v) is 18.3. The number of imide groups is 2. The first-order chi connectivity index (χ1) is 43.2. The van der Waals surface area contributed by atoms with Crippen LogP contribution in [-0.2, 0) is 98.8 Å². The van der Waals surface area contributed by atoms with Crippen molar-refractivity contribution in [3.63, 3.8) is 0 Å². The van der Waals surface area contributed by atoms with E-state index in [0.29, 0.717) is 89.9 Å². The van der Waals surface area contributed by atoms with Crippen LogP contribution in [0.5, 0.6) is 5.75 Å². The van der Waals surface area contributed by atoms with Crippen molar-refractivity contribution in [3.05, 3.63) is 96.7 Å². The average molecular weight is 1340 g/mol. The summed E-state index contributed by atoms with van der Waals surface area (Å²) < 4.78 is 121. The molecule has 91 heavy (non-hydrogen) atoms. The molecule has 34 heteroatoms. The maximum absolute atomic E-state index is 13.7. The van der Waals surface area contributed by atoms with Crippen LogP contribution in [0.2, 0.25) is 0 Å². The van der Waals surface area contributed by atoms with Gasteiger partial charge in [-0.25, -0.2) is 14.8 Å². The highest BCUT2D eigenvalue weighted by molar-refractivity contribution is 7.94. The zero-order chi connectivity index (χ0) is 65.1. The van der Waals surface area contributed by atoms with Gasteiger partial charge in [0, 0.05) is 146 Å². The molecule has 0 spiro atoms. The molecule has 10 rings (SSSR count). The van der Waals surface area contributed by atoms with E-state index < -0.39 is 96.3 Å². The number of aryl methyl sites for hydroxylation is 2. The van der Waals surface area contributed by atoms with Crippen molar-refractivity contribution in [3.8, 4) is 5.75 Å². The van der Waals surface area contributed by atoms with Gasteiger partial charge in [0.25, 0.3) is 66.0 Å². The molecule has 3 aliphatic rings. The molecule has 3 aromatic heterocycles. The van der Waals surface area contributed by atoms with Gasteiger partial charge in [-0.05, 0) is 74.2 Å². The Hall–Kier alpha value is -8.45. The van der Waals surface area contributed by atoms with Gasteiger partial charge in [-0.3, -0.25) is 37.7 Å². The van der Waals surface area contributed by atoms with Crippen LogP contribution in [0.3, 0.4) is 0 Å². The zero-order valence-corrected chi connectivity index (χ0v) is 52.0. The summed E-state index contributed by atoms with van der Waals surface area (Å²) in [5.74, 6) is -5.37. The molecule has 2 fully saturated rings. The smallest absolute Gasteiger partial charge is 0.398 e. The Kier molecular flexibility index (Phi) is 19.6. The number of hydroxylamine groups is 4. The fraction of sp³-hybridized carbons (Fsp3) is 0.351. The molecule has 0 saturated carbocycles. The van der Waals surface area contributed by atoms with E-state index in [1.807, 2.05) is 58.5 Å². The van der Waals surface area contributed by atoms with Gasteiger partial charge < -0.3 is 37.8 Å². The molecular formula is C57H61N8O22S4+. The van der Waals surface area contributed by atoms with Gasteiger partial charge in [0.1, 0.15) is 6.54 Å². The van der Waals surface area contributed by atoms with E-state index in [1.165, 1.54) is 21.6 Å². The summed E-state index contributed by atoms with van der Waals surface area (Å²) in [5.41, 5.74) is 5.25. The second-order valence-electron chi connectivity index (χ2n) is 21.5. The minimum Gasteiger partial charge on any atom is -0.439 e. The molecule has 0 aliphatic carbocycles. The molecule has 4 N–H and O–H groups in total. The lowest BCUT2D eigenvalue weighted by Crippen LogP contribution is -2.43. The minimum atomic E-state index is -4.32. The van der Waals surface area contributed by atoms with Crippen molar-refractivity contribution in [1.29, 1.82) is 0 Å². The van der Waals surface area contributed by atoms with E-state index in [4.69, 9.17) is 24.1 Å². The van der Waals surface area contributed by atoms with Crippen LogP contribution in [0, 0.1) is 0 Å². The number of rotatable bonds is 29. The van der Waals surface area contributed by atoms with Crippen LogP contribution in [0.25, 0.3) is 60.8 Å². The molecule has 0 radical (unpaired) electrons. The maximum atomic E-state index is 13.7. The number of oxazole rings is 1. The van der Waals surface area contributed by atoms with Gasteiger partial charge >= 0.3 is 17.8 Å². The second-order valence-corrected chi connectivity index (χ2v) is 27.0. The lowest BCUT2D eigenvalue weighted by molar-refractivity contribution is -0.667. The molecule has 4 amide bonds. The SMILES string of the molecule is Cn1c2ccc(N(CCCSOOO)CCCS(=O)(=O)O)cc2c2cc3c(cc21)O\C(=C/C=C/C=C/c1oc2cc4c(cc2[n+]1CC(=O)ON1C(=O)CCC1=O)c1cc(N(CCCS(=O)(=O)O)CCCS(=O)(=O)O)ccc1n4C)N3CC(=O)ON1C(=O)CCC1=O. The number of aromatic nitrogens is 3. The summed E-state index contributed by atoms with van der Waals surface area (Å²) in [6.07, 6.45) is 7.82. The van der Waals surface area contributed by atoms with Crippen molar-refractivity contribution in [2.75, 3.05) is 70.4 Å². The number of ether oxygens (including phenoxy) is 1. The van der Waals surface area contributed by atoms with Gasteiger partial charge in [-0.2, -0.15) is 25.3 Å². The molecule has 3 aliphatic heterocycles. The number of hydrogen-bond donors (Lipinski definition) is 4. The Morgan fingerprint density at radius 2 is 1.12 bits per heavy atom. The highest BCUT2D eigenvalue weighted by atomic mass is 32.2. The first kappa shape index (κ1) is 65.5. The number of hydrogen-bond acceptors (Lipinski definition) is 23. The van der Waals surface area contributed by atoms with Gasteiger partial charge in [-0.15, -0.1) is 19.0 Å². The lowest BCUT2D eigenvalue weighted by atomic mass is 10.1. The number of carbonyl (C=O) groups is 6. The van der Waals surface area contributed by atoms with Crippen LogP contribution in [0.4, 0.5) is 17.1 Å². The Labute approximate surface area is 523 Å². The van der Waals surface area contributed by atoms with Crippen molar-refractivity contribution >= 4 is 156 Å². The number of allylic oxidation sites excluding steroid dienone is 4. The third-order valence-electron chi connectivity index (χ3n) is 15.3. The molecule has 0 bridgehead atoms. The van der Waals surface area contributed by atoms with E-state index in [1.54, 1.807) is 53.5 Å².